The molecule has 0 aliphatic rings. The molecule has 0 saturated heterocycles. The predicted molar refractivity (Wildman–Crippen MR) is 75.7 cm³/mol. The minimum absolute atomic E-state index is 0.0520. The number of benzene rings is 2. The van der Waals surface area contributed by atoms with Gasteiger partial charge in [-0.3, -0.25) is 0 Å². The number of furan rings is 1. The molecule has 100 valence electrons. The highest BCUT2D eigenvalue weighted by molar-refractivity contribution is 6.14. The summed E-state index contributed by atoms with van der Waals surface area (Å²) in [7, 11) is 0. The minimum atomic E-state index is -0.742. The van der Waals surface area contributed by atoms with Gasteiger partial charge in [-0.2, -0.15) is 5.10 Å². The van der Waals surface area contributed by atoms with Crippen LogP contribution in [0, 0.1) is 0 Å². The minimum Gasteiger partial charge on any atom is -0.504 e. The van der Waals surface area contributed by atoms with Crippen molar-refractivity contribution in [2.45, 2.75) is 0 Å². The van der Waals surface area contributed by atoms with E-state index in [1.165, 1.54) is 12.3 Å². The third-order valence-corrected chi connectivity index (χ3v) is 2.92. The first-order valence-electron chi connectivity index (χ1n) is 5.88. The molecule has 0 bridgehead atoms. The lowest BCUT2D eigenvalue weighted by Crippen LogP contribution is -2.24. The number of para-hydroxylation sites is 1. The Bertz CT molecular complexity index is 836. The highest BCUT2D eigenvalue weighted by Gasteiger charge is 2.13. The van der Waals surface area contributed by atoms with Crippen molar-refractivity contribution in [3.05, 3.63) is 42.0 Å². The van der Waals surface area contributed by atoms with Gasteiger partial charge in [0.15, 0.2) is 11.3 Å². The molecule has 2 amide bonds. The molecule has 4 N–H and O–H groups in total. The van der Waals surface area contributed by atoms with Gasteiger partial charge >= 0.3 is 6.03 Å². The van der Waals surface area contributed by atoms with Crippen molar-refractivity contribution in [3.8, 4) is 5.75 Å². The number of phenols is 1. The maximum Gasteiger partial charge on any atom is 0.332 e. The van der Waals surface area contributed by atoms with Crippen molar-refractivity contribution in [2.75, 3.05) is 0 Å². The SMILES string of the molecule is NC(=O)N/N=C\c1ccc(O)c2oc3ccccc3c12. The molecule has 20 heavy (non-hydrogen) atoms. The highest BCUT2D eigenvalue weighted by atomic mass is 16.4. The van der Waals surface area contributed by atoms with Gasteiger partial charge in [-0.05, 0) is 18.2 Å². The van der Waals surface area contributed by atoms with Gasteiger partial charge in [0.2, 0.25) is 0 Å². The topological polar surface area (TPSA) is 101 Å². The number of nitrogens with zero attached hydrogens (tertiary/aromatic N) is 1. The van der Waals surface area contributed by atoms with Crippen molar-refractivity contribution in [2.24, 2.45) is 10.8 Å². The molecular formula is C14H11N3O3. The summed E-state index contributed by atoms with van der Waals surface area (Å²) < 4.78 is 5.63. The number of urea groups is 1. The molecule has 0 fully saturated rings. The van der Waals surface area contributed by atoms with Crippen LogP contribution in [0.25, 0.3) is 21.9 Å². The van der Waals surface area contributed by atoms with Crippen LogP contribution in [0.4, 0.5) is 4.79 Å². The van der Waals surface area contributed by atoms with E-state index >= 15 is 0 Å². The fourth-order valence-corrected chi connectivity index (χ4v) is 2.11. The van der Waals surface area contributed by atoms with Crippen molar-refractivity contribution in [1.82, 2.24) is 5.43 Å². The molecule has 6 nitrogen and oxygen atoms in total. The molecule has 0 spiro atoms. The molecule has 0 aliphatic heterocycles. The lowest BCUT2D eigenvalue weighted by molar-refractivity contribution is 0.249. The van der Waals surface area contributed by atoms with E-state index in [1.54, 1.807) is 6.07 Å². The summed E-state index contributed by atoms with van der Waals surface area (Å²) in [6.07, 6.45) is 1.45. The lowest BCUT2D eigenvalue weighted by Gasteiger charge is -1.99. The zero-order valence-corrected chi connectivity index (χ0v) is 10.3. The smallest absolute Gasteiger partial charge is 0.332 e. The van der Waals surface area contributed by atoms with Gasteiger partial charge in [-0.15, -0.1) is 0 Å². The number of carbonyl (C=O) groups excluding carboxylic acids is 1. The number of hydrazone groups is 1. The van der Waals surface area contributed by atoms with Crippen molar-refractivity contribution in [3.63, 3.8) is 0 Å². The van der Waals surface area contributed by atoms with E-state index in [-0.39, 0.29) is 5.75 Å². The van der Waals surface area contributed by atoms with Crippen LogP contribution in [-0.4, -0.2) is 17.4 Å². The molecule has 0 saturated carbocycles. The van der Waals surface area contributed by atoms with E-state index in [4.69, 9.17) is 10.2 Å². The van der Waals surface area contributed by atoms with Crippen LogP contribution in [0.2, 0.25) is 0 Å². The predicted octanol–water partition coefficient (Wildman–Crippen LogP) is 2.29. The molecule has 0 unspecified atom stereocenters. The number of hydrogen-bond acceptors (Lipinski definition) is 4. The summed E-state index contributed by atoms with van der Waals surface area (Å²) in [4.78, 5) is 10.6. The molecule has 2 aromatic carbocycles. The van der Waals surface area contributed by atoms with E-state index in [1.807, 2.05) is 24.3 Å². The first-order chi connectivity index (χ1) is 9.66. The van der Waals surface area contributed by atoms with Crippen LogP contribution in [0.15, 0.2) is 45.9 Å². The Labute approximate surface area is 113 Å². The van der Waals surface area contributed by atoms with Crippen LogP contribution < -0.4 is 11.2 Å². The zero-order chi connectivity index (χ0) is 14.1. The van der Waals surface area contributed by atoms with Crippen LogP contribution in [0.5, 0.6) is 5.75 Å². The third kappa shape index (κ3) is 1.93. The van der Waals surface area contributed by atoms with Gasteiger partial charge in [0.05, 0.1) is 6.21 Å². The second-order valence-electron chi connectivity index (χ2n) is 4.21. The van der Waals surface area contributed by atoms with Crippen molar-refractivity contribution in [1.29, 1.82) is 0 Å². The van der Waals surface area contributed by atoms with Crippen molar-refractivity contribution < 1.29 is 14.3 Å². The van der Waals surface area contributed by atoms with Crippen molar-refractivity contribution >= 4 is 34.2 Å². The number of carbonyl (C=O) groups is 1. The number of phenolic OH excluding ortho intramolecular Hbond substituents is 1. The van der Waals surface area contributed by atoms with Gasteiger partial charge in [0, 0.05) is 16.3 Å². The summed E-state index contributed by atoms with van der Waals surface area (Å²) in [5.41, 5.74) is 8.83. The molecule has 3 aromatic rings. The third-order valence-electron chi connectivity index (χ3n) is 2.92. The average molecular weight is 269 g/mol. The van der Waals surface area contributed by atoms with Gasteiger partial charge in [0.1, 0.15) is 5.58 Å². The number of amides is 2. The van der Waals surface area contributed by atoms with E-state index < -0.39 is 6.03 Å². The summed E-state index contributed by atoms with van der Waals surface area (Å²) in [5, 5.41) is 15.2. The fourth-order valence-electron chi connectivity index (χ4n) is 2.11. The lowest BCUT2D eigenvalue weighted by atomic mass is 10.1. The summed E-state index contributed by atoms with van der Waals surface area (Å²) >= 11 is 0. The van der Waals surface area contributed by atoms with E-state index in [2.05, 4.69) is 10.5 Å². The average Bonchev–Trinajstić information content (AvgIpc) is 2.82. The molecule has 0 radical (unpaired) electrons. The Balaban J connectivity index is 2.24. The molecule has 1 heterocycles. The standard InChI is InChI=1S/C14H11N3O3/c15-14(19)17-16-7-8-5-6-10(18)13-12(8)9-3-1-2-4-11(9)20-13/h1-7,18H,(H3,15,17,19)/b16-7-. The number of primary amides is 1. The Hall–Kier alpha value is -3.02. The monoisotopic (exact) mass is 269 g/mol. The first-order valence-corrected chi connectivity index (χ1v) is 5.88. The summed E-state index contributed by atoms with van der Waals surface area (Å²) in [5.74, 6) is 0.0520. The molecule has 1 aromatic heterocycles. The Kier molecular flexibility index (Phi) is 2.76. The van der Waals surface area contributed by atoms with Crippen LogP contribution in [0.3, 0.4) is 0 Å². The highest BCUT2D eigenvalue weighted by Crippen LogP contribution is 2.35. The van der Waals surface area contributed by atoms with Crippen LogP contribution in [0.1, 0.15) is 5.56 Å². The fraction of sp³-hybridized carbons (Fsp3) is 0. The normalized spacial score (nSPS) is 11.4. The molecule has 6 heteroatoms. The summed E-state index contributed by atoms with van der Waals surface area (Å²) in [6, 6.07) is 9.89. The maximum atomic E-state index is 10.6. The van der Waals surface area contributed by atoms with E-state index in [0.717, 1.165) is 10.8 Å². The Morgan fingerprint density at radius 1 is 1.30 bits per heavy atom. The Morgan fingerprint density at radius 3 is 2.90 bits per heavy atom. The number of aromatic hydroxyl groups is 1. The molecule has 3 rings (SSSR count). The number of nitrogens with one attached hydrogen (secondary N) is 1. The summed E-state index contributed by atoms with van der Waals surface area (Å²) in [6.45, 7) is 0. The quantitative estimate of drug-likeness (QED) is 0.491. The first kappa shape index (κ1) is 12.0. The number of fused-ring (bicyclic) bond motifs is 3. The number of hydrogen-bond donors (Lipinski definition) is 3. The zero-order valence-electron chi connectivity index (χ0n) is 10.3. The Morgan fingerprint density at radius 2 is 2.10 bits per heavy atom. The van der Waals surface area contributed by atoms with Gasteiger partial charge in [-0.25, -0.2) is 10.2 Å². The second-order valence-corrected chi connectivity index (χ2v) is 4.21. The molecule has 0 atom stereocenters. The van der Waals surface area contributed by atoms with Crippen LogP contribution >= 0.6 is 0 Å². The maximum absolute atomic E-state index is 10.6. The molecule has 0 aliphatic carbocycles. The second kappa shape index (κ2) is 4.58. The van der Waals surface area contributed by atoms with Gasteiger partial charge in [-0.1, -0.05) is 18.2 Å². The van der Waals surface area contributed by atoms with E-state index in [0.29, 0.717) is 16.7 Å². The van der Waals surface area contributed by atoms with E-state index in [9.17, 15) is 9.90 Å². The van der Waals surface area contributed by atoms with Gasteiger partial charge in [0.25, 0.3) is 0 Å². The van der Waals surface area contributed by atoms with Crippen LogP contribution in [-0.2, 0) is 0 Å². The van der Waals surface area contributed by atoms with Gasteiger partial charge < -0.3 is 15.3 Å². The largest absolute Gasteiger partial charge is 0.504 e. The number of nitrogens with two attached hydrogens (primary N) is 1. The molecular weight excluding hydrogens is 258 g/mol. The number of rotatable bonds is 2.